The van der Waals surface area contributed by atoms with Crippen LogP contribution >= 0.6 is 0 Å². The largest absolute Gasteiger partial charge is 0.388 e. The van der Waals surface area contributed by atoms with Gasteiger partial charge in [0.25, 0.3) is 0 Å². The molecule has 3 heteroatoms. The van der Waals surface area contributed by atoms with Gasteiger partial charge in [0, 0.05) is 18.5 Å². The van der Waals surface area contributed by atoms with E-state index in [9.17, 15) is 9.90 Å². The molecule has 0 aromatic heterocycles. The van der Waals surface area contributed by atoms with Crippen molar-refractivity contribution < 1.29 is 9.90 Å². The molecule has 2 heterocycles. The number of fused-ring (bicyclic) bond motifs is 1. The summed E-state index contributed by atoms with van der Waals surface area (Å²) in [5.74, 6) is 0.205. The molecule has 0 radical (unpaired) electrons. The third-order valence-electron chi connectivity index (χ3n) is 3.13. The van der Waals surface area contributed by atoms with Gasteiger partial charge in [-0.2, -0.15) is 0 Å². The van der Waals surface area contributed by atoms with Gasteiger partial charge < -0.3 is 10.0 Å². The average Bonchev–Trinajstić information content (AvgIpc) is 2.45. The maximum atomic E-state index is 11.5. The van der Waals surface area contributed by atoms with Gasteiger partial charge in [0.1, 0.15) is 0 Å². The van der Waals surface area contributed by atoms with Crippen molar-refractivity contribution in [1.82, 2.24) is 4.90 Å². The molecule has 0 saturated carbocycles. The van der Waals surface area contributed by atoms with Crippen LogP contribution in [0.5, 0.6) is 0 Å². The molecule has 2 saturated heterocycles. The quantitative estimate of drug-likeness (QED) is 0.579. The van der Waals surface area contributed by atoms with Gasteiger partial charge in [-0.05, 0) is 19.3 Å². The first-order chi connectivity index (χ1) is 6.74. The van der Waals surface area contributed by atoms with Crippen molar-refractivity contribution >= 4 is 5.91 Å². The Morgan fingerprint density at radius 3 is 3.00 bits per heavy atom. The van der Waals surface area contributed by atoms with Crippen LogP contribution in [0, 0.1) is 0 Å². The van der Waals surface area contributed by atoms with Gasteiger partial charge in [-0.3, -0.25) is 4.79 Å². The first kappa shape index (κ1) is 9.50. The van der Waals surface area contributed by atoms with Crippen LogP contribution in [-0.2, 0) is 4.79 Å². The number of amides is 1. The summed E-state index contributed by atoms with van der Waals surface area (Å²) in [6.45, 7) is 4.37. The summed E-state index contributed by atoms with van der Waals surface area (Å²) < 4.78 is 0. The first-order valence-corrected chi connectivity index (χ1v) is 5.11. The zero-order valence-electron chi connectivity index (χ0n) is 8.20. The van der Waals surface area contributed by atoms with Gasteiger partial charge in [0.15, 0.2) is 0 Å². The molecular formula is C11H15NO2. The summed E-state index contributed by atoms with van der Waals surface area (Å²) in [5.41, 5.74) is 3.62. The van der Waals surface area contributed by atoms with Crippen molar-refractivity contribution in [3.8, 4) is 0 Å². The molecule has 0 aromatic carbocycles. The second-order valence-corrected chi connectivity index (χ2v) is 3.93. The molecule has 0 bridgehead atoms. The predicted molar refractivity (Wildman–Crippen MR) is 52.6 cm³/mol. The van der Waals surface area contributed by atoms with Gasteiger partial charge in [0.05, 0.1) is 12.1 Å². The number of nitrogens with zero attached hydrogens (tertiary/aromatic N) is 1. The van der Waals surface area contributed by atoms with Crippen LogP contribution in [-0.4, -0.2) is 34.6 Å². The Balaban J connectivity index is 2.31. The Hall–Kier alpha value is -1.05. The minimum Gasteiger partial charge on any atom is -0.388 e. The third kappa shape index (κ3) is 1.39. The highest BCUT2D eigenvalue weighted by Crippen LogP contribution is 2.30. The Kier molecular flexibility index (Phi) is 2.44. The lowest BCUT2D eigenvalue weighted by molar-refractivity contribution is -0.128. The fourth-order valence-electron chi connectivity index (χ4n) is 2.41. The van der Waals surface area contributed by atoms with Gasteiger partial charge in [-0.1, -0.05) is 6.58 Å². The molecule has 76 valence electrons. The molecule has 0 aromatic rings. The zero-order chi connectivity index (χ0) is 10.1. The van der Waals surface area contributed by atoms with Gasteiger partial charge >= 0.3 is 0 Å². The molecule has 14 heavy (non-hydrogen) atoms. The molecule has 1 N–H and O–H groups in total. The molecule has 0 aliphatic carbocycles. The summed E-state index contributed by atoms with van der Waals surface area (Å²) in [7, 11) is 0. The van der Waals surface area contributed by atoms with Crippen LogP contribution < -0.4 is 0 Å². The molecule has 2 rings (SSSR count). The summed E-state index contributed by atoms with van der Waals surface area (Å²) in [4.78, 5) is 13.4. The Morgan fingerprint density at radius 2 is 2.29 bits per heavy atom. The van der Waals surface area contributed by atoms with Crippen LogP contribution in [0.15, 0.2) is 17.9 Å². The minimum atomic E-state index is -0.451. The molecular weight excluding hydrogens is 178 g/mol. The smallest absolute Gasteiger partial charge is 0.223 e. The number of carbonyl (C=O) groups is 1. The molecule has 0 spiro atoms. The van der Waals surface area contributed by atoms with Crippen molar-refractivity contribution in [1.29, 1.82) is 0 Å². The summed E-state index contributed by atoms with van der Waals surface area (Å²) in [6.07, 6.45) is 2.55. The summed E-state index contributed by atoms with van der Waals surface area (Å²) in [6, 6.07) is 0.0671. The van der Waals surface area contributed by atoms with Crippen molar-refractivity contribution in [2.45, 2.75) is 37.8 Å². The Labute approximate surface area is 83.7 Å². The van der Waals surface area contributed by atoms with E-state index in [-0.39, 0.29) is 11.9 Å². The number of aliphatic hydroxyl groups is 1. The fraction of sp³-hybridized carbons (Fsp3) is 0.636. The van der Waals surface area contributed by atoms with E-state index in [1.54, 1.807) is 0 Å². The van der Waals surface area contributed by atoms with E-state index in [1.807, 2.05) is 4.90 Å². The molecule has 2 fully saturated rings. The highest BCUT2D eigenvalue weighted by Gasteiger charge is 2.37. The van der Waals surface area contributed by atoms with Gasteiger partial charge in [-0.15, -0.1) is 5.73 Å². The van der Waals surface area contributed by atoms with E-state index in [2.05, 4.69) is 12.3 Å². The first-order valence-electron chi connectivity index (χ1n) is 5.11. The lowest BCUT2D eigenvalue weighted by Crippen LogP contribution is -2.34. The SMILES string of the molecule is C=C=C1C(O)CCCN2C(=O)CC[C@@H]12. The standard InChI is InChI=1S/C11H15NO2/c1-2-8-9-5-6-11(14)12(9)7-3-4-10(8)13/h9-10,13H,1,3-7H2/t9-,10?/m0/s1. The average molecular weight is 193 g/mol. The monoisotopic (exact) mass is 193 g/mol. The van der Waals surface area contributed by atoms with Crippen molar-refractivity contribution in [2.75, 3.05) is 6.54 Å². The second kappa shape index (κ2) is 3.60. The maximum Gasteiger partial charge on any atom is 0.223 e. The van der Waals surface area contributed by atoms with Crippen molar-refractivity contribution in [3.63, 3.8) is 0 Å². The van der Waals surface area contributed by atoms with Crippen molar-refractivity contribution in [2.24, 2.45) is 0 Å². The third-order valence-corrected chi connectivity index (χ3v) is 3.13. The lowest BCUT2D eigenvalue weighted by Gasteiger charge is -2.23. The van der Waals surface area contributed by atoms with E-state index in [4.69, 9.17) is 0 Å². The lowest BCUT2D eigenvalue weighted by atomic mass is 9.99. The number of hydrogen-bond acceptors (Lipinski definition) is 2. The molecule has 1 unspecified atom stereocenters. The van der Waals surface area contributed by atoms with Gasteiger partial charge in [0.2, 0.25) is 5.91 Å². The van der Waals surface area contributed by atoms with E-state index in [0.29, 0.717) is 6.42 Å². The predicted octanol–water partition coefficient (Wildman–Crippen LogP) is 0.843. The van der Waals surface area contributed by atoms with Gasteiger partial charge in [-0.25, -0.2) is 0 Å². The van der Waals surface area contributed by atoms with E-state index >= 15 is 0 Å². The Morgan fingerprint density at radius 1 is 1.50 bits per heavy atom. The number of carbonyl (C=O) groups excluding carboxylic acids is 1. The second-order valence-electron chi connectivity index (χ2n) is 3.93. The maximum absolute atomic E-state index is 11.5. The van der Waals surface area contributed by atoms with Crippen LogP contribution in [0.2, 0.25) is 0 Å². The Bertz CT molecular complexity index is 304. The minimum absolute atomic E-state index is 0.0671. The fourth-order valence-corrected chi connectivity index (χ4v) is 2.41. The molecule has 2 atom stereocenters. The number of hydrogen-bond donors (Lipinski definition) is 1. The zero-order valence-corrected chi connectivity index (χ0v) is 8.20. The van der Waals surface area contributed by atoms with Crippen LogP contribution in [0.25, 0.3) is 0 Å². The molecule has 1 amide bonds. The topological polar surface area (TPSA) is 40.5 Å². The van der Waals surface area contributed by atoms with Crippen LogP contribution in [0.4, 0.5) is 0 Å². The van der Waals surface area contributed by atoms with E-state index < -0.39 is 6.10 Å². The van der Waals surface area contributed by atoms with Crippen LogP contribution in [0.1, 0.15) is 25.7 Å². The highest BCUT2D eigenvalue weighted by atomic mass is 16.3. The highest BCUT2D eigenvalue weighted by molar-refractivity contribution is 5.79. The van der Waals surface area contributed by atoms with Crippen LogP contribution in [0.3, 0.4) is 0 Å². The molecule has 2 aliphatic rings. The van der Waals surface area contributed by atoms with Crippen molar-refractivity contribution in [3.05, 3.63) is 17.9 Å². The van der Waals surface area contributed by atoms with E-state index in [1.165, 1.54) is 0 Å². The number of aliphatic hydroxyl groups excluding tert-OH is 1. The normalized spacial score (nSPS) is 32.5. The summed E-state index contributed by atoms with van der Waals surface area (Å²) >= 11 is 0. The van der Waals surface area contributed by atoms with E-state index in [0.717, 1.165) is 31.4 Å². The number of rotatable bonds is 0. The molecule has 3 nitrogen and oxygen atoms in total. The molecule has 2 aliphatic heterocycles. The summed E-state index contributed by atoms with van der Waals surface area (Å²) in [5, 5.41) is 9.80.